The average Bonchev–Trinajstić information content (AvgIpc) is 3.05. The highest BCUT2D eigenvalue weighted by Gasteiger charge is 2.14. The molecule has 1 aliphatic heterocycles. The fraction of sp³-hybridized carbons (Fsp3) is 0.333. The number of ketones is 1. The van der Waals surface area contributed by atoms with E-state index in [1.807, 2.05) is 6.92 Å². The Balaban J connectivity index is 1.57. The number of nitrogens with zero attached hydrogens (tertiary/aromatic N) is 2. The second-order valence-electron chi connectivity index (χ2n) is 6.10. The third-order valence-electron chi connectivity index (χ3n) is 3.72. The number of Topliss-reactive ketones (excluding diaryl/α,β-unsaturated/α-hetero) is 1. The van der Waals surface area contributed by atoms with E-state index in [1.54, 1.807) is 31.2 Å². The fourth-order valence-electron chi connectivity index (χ4n) is 2.51. The van der Waals surface area contributed by atoms with Crippen LogP contribution in [-0.2, 0) is 4.79 Å². The number of hydrogen-bond donors (Lipinski definition) is 3. The summed E-state index contributed by atoms with van der Waals surface area (Å²) in [7, 11) is 0. The van der Waals surface area contributed by atoms with E-state index >= 15 is 0 Å². The third-order valence-corrected chi connectivity index (χ3v) is 3.72. The van der Waals surface area contributed by atoms with E-state index in [-0.39, 0.29) is 18.5 Å². The summed E-state index contributed by atoms with van der Waals surface area (Å²) in [5.74, 6) is 2.14. The number of hydrogen-bond acceptors (Lipinski definition) is 7. The van der Waals surface area contributed by atoms with Gasteiger partial charge >= 0.3 is 6.03 Å². The van der Waals surface area contributed by atoms with Crippen LogP contribution in [0.4, 0.5) is 22.2 Å². The molecule has 142 valence electrons. The van der Waals surface area contributed by atoms with Crippen LogP contribution in [0.5, 0.6) is 11.5 Å². The molecule has 1 aromatic heterocycles. The maximum Gasteiger partial charge on any atom is 0.326 e. The van der Waals surface area contributed by atoms with E-state index in [9.17, 15) is 9.59 Å². The lowest BCUT2D eigenvalue weighted by molar-refractivity contribution is -0.117. The van der Waals surface area contributed by atoms with Gasteiger partial charge in [0.25, 0.3) is 0 Å². The van der Waals surface area contributed by atoms with Gasteiger partial charge in [-0.15, -0.1) is 0 Å². The molecule has 0 saturated carbocycles. The van der Waals surface area contributed by atoms with Crippen LogP contribution >= 0.6 is 0 Å². The molecule has 0 unspecified atom stereocenters. The zero-order valence-corrected chi connectivity index (χ0v) is 15.2. The minimum Gasteiger partial charge on any atom is -0.454 e. The first kappa shape index (κ1) is 18.4. The van der Waals surface area contributed by atoms with Crippen molar-refractivity contribution in [3.63, 3.8) is 0 Å². The first-order valence-corrected chi connectivity index (χ1v) is 8.56. The van der Waals surface area contributed by atoms with Gasteiger partial charge in [0.15, 0.2) is 11.5 Å². The molecule has 9 heteroatoms. The molecule has 27 heavy (non-hydrogen) atoms. The van der Waals surface area contributed by atoms with Crippen molar-refractivity contribution in [3.05, 3.63) is 30.0 Å². The Bertz CT molecular complexity index is 856. The normalized spacial score (nSPS) is 11.8. The van der Waals surface area contributed by atoms with Crippen molar-refractivity contribution in [3.8, 4) is 11.5 Å². The molecule has 0 spiro atoms. The molecule has 0 atom stereocenters. The molecule has 2 heterocycles. The van der Waals surface area contributed by atoms with E-state index in [0.29, 0.717) is 48.1 Å². The highest BCUT2D eigenvalue weighted by atomic mass is 16.7. The Hall–Kier alpha value is -3.36. The average molecular weight is 371 g/mol. The smallest absolute Gasteiger partial charge is 0.326 e. The van der Waals surface area contributed by atoms with Crippen LogP contribution < -0.4 is 25.4 Å². The van der Waals surface area contributed by atoms with Crippen LogP contribution in [0.15, 0.2) is 24.3 Å². The Morgan fingerprint density at radius 2 is 1.93 bits per heavy atom. The van der Waals surface area contributed by atoms with Gasteiger partial charge in [-0.3, -0.25) is 5.32 Å². The van der Waals surface area contributed by atoms with Gasteiger partial charge in [-0.25, -0.2) is 9.78 Å². The second kappa shape index (κ2) is 8.35. The van der Waals surface area contributed by atoms with E-state index in [2.05, 4.69) is 25.9 Å². The van der Waals surface area contributed by atoms with E-state index < -0.39 is 6.03 Å². The lowest BCUT2D eigenvalue weighted by atomic mass is 10.2. The zero-order chi connectivity index (χ0) is 19.2. The molecule has 0 radical (unpaired) electrons. The number of urea groups is 1. The van der Waals surface area contributed by atoms with Gasteiger partial charge in [0.2, 0.25) is 12.7 Å². The van der Waals surface area contributed by atoms with Crippen molar-refractivity contribution < 1.29 is 19.1 Å². The quantitative estimate of drug-likeness (QED) is 0.641. The van der Waals surface area contributed by atoms with Crippen molar-refractivity contribution in [1.29, 1.82) is 0 Å². The number of aromatic nitrogens is 2. The van der Waals surface area contributed by atoms with Crippen molar-refractivity contribution >= 4 is 29.3 Å². The molecule has 2 amide bonds. The molecule has 0 aliphatic carbocycles. The summed E-state index contributed by atoms with van der Waals surface area (Å²) in [6.07, 6.45) is 1.23. The van der Waals surface area contributed by atoms with Gasteiger partial charge in [-0.2, -0.15) is 4.98 Å². The van der Waals surface area contributed by atoms with E-state index in [0.717, 1.165) is 0 Å². The zero-order valence-electron chi connectivity index (χ0n) is 15.2. The number of anilines is 3. The monoisotopic (exact) mass is 371 g/mol. The summed E-state index contributed by atoms with van der Waals surface area (Å²) in [5, 5.41) is 8.44. The number of rotatable bonds is 7. The molecule has 3 rings (SSSR count). The summed E-state index contributed by atoms with van der Waals surface area (Å²) in [5.41, 5.74) is 1.27. The molecule has 9 nitrogen and oxygen atoms in total. The highest BCUT2D eigenvalue weighted by molar-refractivity contribution is 5.98. The Morgan fingerprint density at radius 1 is 1.11 bits per heavy atom. The molecule has 0 saturated heterocycles. The van der Waals surface area contributed by atoms with Crippen molar-refractivity contribution in [2.24, 2.45) is 0 Å². The van der Waals surface area contributed by atoms with Gasteiger partial charge in [-0.05, 0) is 32.4 Å². The van der Waals surface area contributed by atoms with Crippen LogP contribution in [0, 0.1) is 6.92 Å². The lowest BCUT2D eigenvalue weighted by Crippen LogP contribution is -2.21. The number of aryl methyl sites for hydroxylation is 1. The number of fused-ring (bicyclic) bond motifs is 1. The number of ether oxygens (including phenoxy) is 2. The van der Waals surface area contributed by atoms with Crippen LogP contribution in [0.2, 0.25) is 0 Å². The minimum absolute atomic E-state index is 0.151. The Kier molecular flexibility index (Phi) is 5.70. The van der Waals surface area contributed by atoms with Crippen LogP contribution in [-0.4, -0.2) is 35.1 Å². The summed E-state index contributed by atoms with van der Waals surface area (Å²) in [4.78, 5) is 31.7. The number of carbonyl (C=O) groups is 2. The summed E-state index contributed by atoms with van der Waals surface area (Å²) in [6, 6.07) is 6.42. The largest absolute Gasteiger partial charge is 0.454 e. The van der Waals surface area contributed by atoms with Crippen LogP contribution in [0.25, 0.3) is 0 Å². The summed E-state index contributed by atoms with van der Waals surface area (Å²) in [6.45, 7) is 4.15. The first-order chi connectivity index (χ1) is 13.0. The molecular weight excluding hydrogens is 350 g/mol. The highest BCUT2D eigenvalue weighted by Crippen LogP contribution is 2.34. The second-order valence-corrected chi connectivity index (χ2v) is 6.10. The van der Waals surface area contributed by atoms with E-state index in [1.165, 1.54) is 0 Å². The number of carbonyl (C=O) groups excluding carboxylic acids is 2. The lowest BCUT2D eigenvalue weighted by Gasteiger charge is -2.10. The number of amides is 2. The topological polar surface area (TPSA) is 114 Å². The standard InChI is InChI=1S/C18H21N5O4/c1-11-8-16(19-7-3-4-12(2)24)22-17(20-11)23-18(25)21-13-5-6-14-15(9-13)27-10-26-14/h5-6,8-9H,3-4,7,10H2,1-2H3,(H3,19,20,21,22,23,25). The predicted molar refractivity (Wildman–Crippen MR) is 100 cm³/mol. The minimum atomic E-state index is -0.470. The Morgan fingerprint density at radius 3 is 2.74 bits per heavy atom. The summed E-state index contributed by atoms with van der Waals surface area (Å²) >= 11 is 0. The molecule has 0 bridgehead atoms. The SMILES string of the molecule is CC(=O)CCCNc1cc(C)nc(NC(=O)Nc2ccc3c(c2)OCO3)n1. The Labute approximate surface area is 156 Å². The van der Waals surface area contributed by atoms with Gasteiger partial charge in [0.1, 0.15) is 11.6 Å². The maximum atomic E-state index is 12.2. The fourth-order valence-corrected chi connectivity index (χ4v) is 2.51. The van der Waals surface area contributed by atoms with Crippen molar-refractivity contribution in [1.82, 2.24) is 9.97 Å². The van der Waals surface area contributed by atoms with Gasteiger partial charge in [0, 0.05) is 36.5 Å². The molecule has 0 fully saturated rings. The third kappa shape index (κ3) is 5.30. The van der Waals surface area contributed by atoms with Crippen LogP contribution in [0.3, 0.4) is 0 Å². The summed E-state index contributed by atoms with van der Waals surface area (Å²) < 4.78 is 10.5. The van der Waals surface area contributed by atoms with Gasteiger partial charge in [-0.1, -0.05) is 0 Å². The molecule has 2 aromatic rings. The van der Waals surface area contributed by atoms with Gasteiger partial charge < -0.3 is 24.9 Å². The molecule has 1 aromatic carbocycles. The molecular formula is C18H21N5O4. The first-order valence-electron chi connectivity index (χ1n) is 8.56. The number of nitrogens with one attached hydrogen (secondary N) is 3. The predicted octanol–water partition coefficient (Wildman–Crippen LogP) is 2.94. The molecule has 1 aliphatic rings. The van der Waals surface area contributed by atoms with Crippen LogP contribution in [0.1, 0.15) is 25.5 Å². The van der Waals surface area contributed by atoms with Crippen molar-refractivity contribution in [2.75, 3.05) is 29.3 Å². The van der Waals surface area contributed by atoms with E-state index in [4.69, 9.17) is 9.47 Å². The van der Waals surface area contributed by atoms with Crippen molar-refractivity contribution in [2.45, 2.75) is 26.7 Å². The number of benzene rings is 1. The van der Waals surface area contributed by atoms with Gasteiger partial charge in [0.05, 0.1) is 0 Å². The maximum absolute atomic E-state index is 12.2. The molecule has 3 N–H and O–H groups in total.